The van der Waals surface area contributed by atoms with E-state index in [9.17, 15) is 9.59 Å². The molecule has 0 spiro atoms. The Kier molecular flexibility index (Phi) is 7.49. The SMILES string of the molecule is COc1ccc(N2CCN(CCCNC(=O)C3CCN(c4cnn(C)c(=O)c4)C3)CC2)cc1. The molecule has 0 bridgehead atoms. The Labute approximate surface area is 194 Å². The van der Waals surface area contributed by atoms with E-state index in [1.54, 1.807) is 26.4 Å². The van der Waals surface area contributed by atoms with E-state index in [1.807, 2.05) is 12.1 Å². The third-order valence-electron chi connectivity index (χ3n) is 6.64. The Hall–Kier alpha value is -3.07. The number of carbonyl (C=O) groups excluding carboxylic acids is 1. The van der Waals surface area contributed by atoms with Crippen LogP contribution in [0.3, 0.4) is 0 Å². The van der Waals surface area contributed by atoms with Crippen molar-refractivity contribution in [3.8, 4) is 5.75 Å². The number of methoxy groups -OCH3 is 1. The lowest BCUT2D eigenvalue weighted by atomic mass is 10.1. The first kappa shape index (κ1) is 23.1. The Morgan fingerprint density at radius 2 is 1.85 bits per heavy atom. The number of ether oxygens (including phenoxy) is 1. The molecule has 9 nitrogen and oxygen atoms in total. The van der Waals surface area contributed by atoms with Gasteiger partial charge >= 0.3 is 0 Å². The number of hydrogen-bond acceptors (Lipinski definition) is 7. The van der Waals surface area contributed by atoms with Crippen molar-refractivity contribution >= 4 is 17.3 Å². The van der Waals surface area contributed by atoms with Crippen LogP contribution in [0.5, 0.6) is 5.75 Å². The summed E-state index contributed by atoms with van der Waals surface area (Å²) in [6, 6.07) is 9.82. The minimum absolute atomic E-state index is 0.0397. The summed E-state index contributed by atoms with van der Waals surface area (Å²) in [6.07, 6.45) is 3.44. The first-order chi connectivity index (χ1) is 16.0. The molecule has 1 N–H and O–H groups in total. The van der Waals surface area contributed by atoms with Crippen molar-refractivity contribution in [1.29, 1.82) is 0 Å². The van der Waals surface area contributed by atoms with Crippen molar-refractivity contribution < 1.29 is 9.53 Å². The molecule has 178 valence electrons. The highest BCUT2D eigenvalue weighted by molar-refractivity contribution is 5.80. The molecule has 1 atom stereocenters. The van der Waals surface area contributed by atoms with Crippen molar-refractivity contribution in [1.82, 2.24) is 20.0 Å². The van der Waals surface area contributed by atoms with Gasteiger partial charge in [0.2, 0.25) is 5.91 Å². The van der Waals surface area contributed by atoms with Gasteiger partial charge in [0.15, 0.2) is 0 Å². The highest BCUT2D eigenvalue weighted by atomic mass is 16.5. The second-order valence-electron chi connectivity index (χ2n) is 8.78. The molecule has 4 rings (SSSR count). The smallest absolute Gasteiger partial charge is 0.268 e. The topological polar surface area (TPSA) is 82.9 Å². The second kappa shape index (κ2) is 10.7. The number of aromatic nitrogens is 2. The molecular formula is C24H34N6O3. The number of anilines is 2. The summed E-state index contributed by atoms with van der Waals surface area (Å²) in [5, 5.41) is 7.18. The zero-order valence-corrected chi connectivity index (χ0v) is 19.6. The maximum atomic E-state index is 12.6. The van der Waals surface area contributed by atoms with Crippen LogP contribution < -0.4 is 25.4 Å². The highest BCUT2D eigenvalue weighted by Crippen LogP contribution is 2.22. The molecule has 2 aromatic rings. The average molecular weight is 455 g/mol. The number of hydrogen-bond donors (Lipinski definition) is 1. The molecule has 2 saturated heterocycles. The normalized spacial score (nSPS) is 19.0. The number of amides is 1. The number of piperazine rings is 1. The summed E-state index contributed by atoms with van der Waals surface area (Å²) < 4.78 is 6.55. The maximum absolute atomic E-state index is 12.6. The monoisotopic (exact) mass is 454 g/mol. The van der Waals surface area contributed by atoms with E-state index in [4.69, 9.17) is 4.74 Å². The molecule has 1 amide bonds. The molecule has 1 aromatic carbocycles. The predicted octanol–water partition coefficient (Wildman–Crippen LogP) is 0.944. The summed E-state index contributed by atoms with van der Waals surface area (Å²) in [5.41, 5.74) is 1.90. The molecule has 2 fully saturated rings. The van der Waals surface area contributed by atoms with E-state index < -0.39 is 0 Å². The first-order valence-electron chi connectivity index (χ1n) is 11.7. The fraction of sp³-hybridized carbons (Fsp3) is 0.542. The number of rotatable bonds is 8. The lowest BCUT2D eigenvalue weighted by Gasteiger charge is -2.36. The highest BCUT2D eigenvalue weighted by Gasteiger charge is 2.28. The number of nitrogens with zero attached hydrogens (tertiary/aromatic N) is 5. The standard InChI is InChI=1S/C24H34N6O3/c1-27-23(31)16-21(17-26-27)30-11-8-19(18-30)24(32)25-9-3-10-28-12-14-29(15-13-28)20-4-6-22(33-2)7-5-20/h4-7,16-17,19H,3,8-15,18H2,1-2H3,(H,25,32). The zero-order valence-electron chi connectivity index (χ0n) is 19.6. The molecule has 2 aliphatic rings. The predicted molar refractivity (Wildman–Crippen MR) is 129 cm³/mol. The molecule has 1 unspecified atom stereocenters. The van der Waals surface area contributed by atoms with Crippen LogP contribution in [0.4, 0.5) is 11.4 Å². The summed E-state index contributed by atoms with van der Waals surface area (Å²) in [7, 11) is 3.32. The maximum Gasteiger partial charge on any atom is 0.268 e. The van der Waals surface area contributed by atoms with Crippen LogP contribution >= 0.6 is 0 Å². The summed E-state index contributed by atoms with van der Waals surface area (Å²) in [6.45, 7) is 7.17. The third-order valence-corrected chi connectivity index (χ3v) is 6.64. The molecule has 0 radical (unpaired) electrons. The lowest BCUT2D eigenvalue weighted by molar-refractivity contribution is -0.124. The Balaban J connectivity index is 1.13. The van der Waals surface area contributed by atoms with Gasteiger partial charge in [-0.1, -0.05) is 0 Å². The Bertz CT molecular complexity index is 984. The van der Waals surface area contributed by atoms with Gasteiger partial charge in [-0.2, -0.15) is 5.10 Å². The summed E-state index contributed by atoms with van der Waals surface area (Å²) in [5.74, 6) is 0.952. The van der Waals surface area contributed by atoms with Crippen molar-refractivity contribution in [2.24, 2.45) is 13.0 Å². The van der Waals surface area contributed by atoms with Gasteiger partial charge in [-0.05, 0) is 43.7 Å². The van der Waals surface area contributed by atoms with Crippen LogP contribution in [0.1, 0.15) is 12.8 Å². The second-order valence-corrected chi connectivity index (χ2v) is 8.78. The van der Waals surface area contributed by atoms with Crippen molar-refractivity contribution in [3.05, 3.63) is 46.9 Å². The van der Waals surface area contributed by atoms with E-state index in [0.29, 0.717) is 13.1 Å². The van der Waals surface area contributed by atoms with Gasteiger partial charge < -0.3 is 19.9 Å². The van der Waals surface area contributed by atoms with Crippen molar-refractivity contribution in [2.75, 3.05) is 69.3 Å². The largest absolute Gasteiger partial charge is 0.497 e. The first-order valence-corrected chi connectivity index (χ1v) is 11.7. The van der Waals surface area contributed by atoms with Gasteiger partial charge in [-0.25, -0.2) is 4.68 Å². The van der Waals surface area contributed by atoms with Crippen LogP contribution in [-0.2, 0) is 11.8 Å². The van der Waals surface area contributed by atoms with Gasteiger partial charge in [0, 0.05) is 64.6 Å². The molecule has 3 heterocycles. The van der Waals surface area contributed by atoms with E-state index in [0.717, 1.165) is 63.5 Å². The average Bonchev–Trinajstić information content (AvgIpc) is 3.34. The van der Waals surface area contributed by atoms with E-state index in [-0.39, 0.29) is 17.4 Å². The van der Waals surface area contributed by atoms with Gasteiger partial charge in [-0.3, -0.25) is 14.5 Å². The molecular weight excluding hydrogens is 420 g/mol. The number of aryl methyl sites for hydroxylation is 1. The van der Waals surface area contributed by atoms with Gasteiger partial charge in [-0.15, -0.1) is 0 Å². The van der Waals surface area contributed by atoms with E-state index in [2.05, 4.69) is 37.2 Å². The fourth-order valence-electron chi connectivity index (χ4n) is 4.52. The van der Waals surface area contributed by atoms with E-state index >= 15 is 0 Å². The fourth-order valence-corrected chi connectivity index (χ4v) is 4.52. The minimum atomic E-state index is -0.134. The Morgan fingerprint density at radius 1 is 1.09 bits per heavy atom. The minimum Gasteiger partial charge on any atom is -0.497 e. The number of carbonyl (C=O) groups is 1. The van der Waals surface area contributed by atoms with Gasteiger partial charge in [0.05, 0.1) is 24.9 Å². The molecule has 9 heteroatoms. The van der Waals surface area contributed by atoms with E-state index in [1.165, 1.54) is 10.4 Å². The summed E-state index contributed by atoms with van der Waals surface area (Å²) >= 11 is 0. The van der Waals surface area contributed by atoms with Gasteiger partial charge in [0.25, 0.3) is 5.56 Å². The quantitative estimate of drug-likeness (QED) is 0.595. The molecule has 1 aromatic heterocycles. The van der Waals surface area contributed by atoms with Crippen LogP contribution in [0.25, 0.3) is 0 Å². The molecule has 0 aliphatic carbocycles. The van der Waals surface area contributed by atoms with Crippen molar-refractivity contribution in [3.63, 3.8) is 0 Å². The molecule has 33 heavy (non-hydrogen) atoms. The van der Waals surface area contributed by atoms with Gasteiger partial charge in [0.1, 0.15) is 5.75 Å². The Morgan fingerprint density at radius 3 is 2.55 bits per heavy atom. The number of nitrogens with one attached hydrogen (secondary N) is 1. The number of benzene rings is 1. The molecule has 2 aliphatic heterocycles. The molecule has 0 saturated carbocycles. The van der Waals surface area contributed by atoms with Crippen LogP contribution in [0.15, 0.2) is 41.3 Å². The van der Waals surface area contributed by atoms with Crippen LogP contribution in [0.2, 0.25) is 0 Å². The van der Waals surface area contributed by atoms with Crippen LogP contribution in [-0.4, -0.2) is 80.1 Å². The zero-order chi connectivity index (χ0) is 23.2. The van der Waals surface area contributed by atoms with Crippen molar-refractivity contribution in [2.45, 2.75) is 12.8 Å². The van der Waals surface area contributed by atoms with Crippen LogP contribution in [0, 0.1) is 5.92 Å². The summed E-state index contributed by atoms with van der Waals surface area (Å²) in [4.78, 5) is 31.3. The third kappa shape index (κ3) is 5.84. The lowest BCUT2D eigenvalue weighted by Crippen LogP contribution is -2.47.